The van der Waals surface area contributed by atoms with Crippen molar-refractivity contribution in [3.05, 3.63) is 81.4 Å². The van der Waals surface area contributed by atoms with Crippen molar-refractivity contribution in [3.63, 3.8) is 0 Å². The fourth-order valence-corrected chi connectivity index (χ4v) is 5.74. The van der Waals surface area contributed by atoms with Crippen LogP contribution >= 0.6 is 11.3 Å². The van der Waals surface area contributed by atoms with Crippen molar-refractivity contribution >= 4 is 17.0 Å². The van der Waals surface area contributed by atoms with Gasteiger partial charge < -0.3 is 4.42 Å². The molecule has 2 atom stereocenters. The number of nitrogens with zero attached hydrogens (tertiary/aromatic N) is 5. The minimum atomic E-state index is -0.725. The first-order valence-electron chi connectivity index (χ1n) is 11.3. The van der Waals surface area contributed by atoms with Crippen LogP contribution in [0.25, 0.3) is 5.00 Å². The second kappa shape index (κ2) is 7.76. The molecule has 0 N–H and O–H groups in total. The van der Waals surface area contributed by atoms with Gasteiger partial charge in [-0.2, -0.15) is 0 Å². The summed E-state index contributed by atoms with van der Waals surface area (Å²) in [5.74, 6) is 2.63. The van der Waals surface area contributed by atoms with E-state index in [1.54, 1.807) is 23.8 Å². The third-order valence-electron chi connectivity index (χ3n) is 6.94. The van der Waals surface area contributed by atoms with Crippen LogP contribution < -0.4 is 0 Å². The van der Waals surface area contributed by atoms with E-state index in [9.17, 15) is 0 Å². The first-order chi connectivity index (χ1) is 15.7. The zero-order chi connectivity index (χ0) is 23.5. The number of benzene rings is 1. The Hall–Kier alpha value is -3.06. The number of fused-ring (bicyclic) bond motifs is 3. The average Bonchev–Trinajstić information content (AvgIpc) is 3.51. The van der Waals surface area contributed by atoms with Crippen molar-refractivity contribution in [3.8, 4) is 5.00 Å². The molecule has 2 unspecified atom stereocenters. The molecule has 0 spiro atoms. The molecule has 0 saturated carbocycles. The van der Waals surface area contributed by atoms with Crippen molar-refractivity contribution in [1.82, 2.24) is 19.7 Å². The van der Waals surface area contributed by atoms with Crippen LogP contribution in [0.15, 0.2) is 46.1 Å². The minimum Gasteiger partial charge on any atom is -0.449 e. The number of thiophene rings is 1. The van der Waals surface area contributed by atoms with Gasteiger partial charge >= 0.3 is 0 Å². The van der Waals surface area contributed by atoms with E-state index < -0.39 is 5.54 Å². The number of rotatable bonds is 4. The van der Waals surface area contributed by atoms with Gasteiger partial charge in [0.15, 0.2) is 11.7 Å². The highest BCUT2D eigenvalue weighted by Gasteiger charge is 2.45. The number of hydrogen-bond acceptors (Lipinski definition) is 6. The predicted molar refractivity (Wildman–Crippen MR) is 132 cm³/mol. The second-order valence-electron chi connectivity index (χ2n) is 9.35. The number of aliphatic imine (C=N–C) groups is 1. The molecule has 0 fully saturated rings. The van der Waals surface area contributed by atoms with Crippen LogP contribution in [0.2, 0.25) is 0 Å². The normalized spacial score (nSPS) is 18.6. The molecule has 0 bridgehead atoms. The van der Waals surface area contributed by atoms with Gasteiger partial charge in [-0.25, -0.2) is 4.98 Å². The summed E-state index contributed by atoms with van der Waals surface area (Å²) in [6.07, 6.45) is 3.29. The van der Waals surface area contributed by atoms with E-state index in [4.69, 9.17) is 9.41 Å². The largest absolute Gasteiger partial charge is 0.449 e. The fraction of sp³-hybridized carbons (Fsp3) is 0.385. The molecular formula is C26H29N5OS. The summed E-state index contributed by atoms with van der Waals surface area (Å²) in [6.45, 7) is 15.0. The topological polar surface area (TPSA) is 69.1 Å². The Morgan fingerprint density at radius 2 is 1.76 bits per heavy atom. The van der Waals surface area contributed by atoms with Crippen LogP contribution in [0.1, 0.15) is 84.2 Å². The van der Waals surface area contributed by atoms with E-state index in [0.717, 1.165) is 33.5 Å². The highest BCUT2D eigenvalue weighted by Crippen LogP contribution is 2.46. The van der Waals surface area contributed by atoms with Crippen LogP contribution in [0.5, 0.6) is 0 Å². The van der Waals surface area contributed by atoms with Crippen molar-refractivity contribution in [1.29, 1.82) is 0 Å². The molecule has 1 aromatic carbocycles. The molecule has 0 aliphatic carbocycles. The van der Waals surface area contributed by atoms with Gasteiger partial charge in [0, 0.05) is 16.0 Å². The van der Waals surface area contributed by atoms with Crippen molar-refractivity contribution < 1.29 is 4.42 Å². The van der Waals surface area contributed by atoms with Crippen LogP contribution in [0.3, 0.4) is 0 Å². The number of aryl methyl sites for hydroxylation is 2. The van der Waals surface area contributed by atoms with Gasteiger partial charge in [-0.3, -0.25) is 9.56 Å². The van der Waals surface area contributed by atoms with Crippen molar-refractivity contribution in [2.45, 2.75) is 65.8 Å². The summed E-state index contributed by atoms with van der Waals surface area (Å²) in [5, 5.41) is 10.2. The van der Waals surface area contributed by atoms with Crippen LogP contribution in [0, 0.1) is 20.8 Å². The first kappa shape index (κ1) is 21.8. The molecule has 170 valence electrons. The molecular weight excluding hydrogens is 430 g/mol. The highest BCUT2D eigenvalue weighted by atomic mass is 32.1. The average molecular weight is 460 g/mol. The Morgan fingerprint density at radius 1 is 1.03 bits per heavy atom. The number of aromatic nitrogens is 4. The molecule has 4 heterocycles. The molecule has 4 aromatic rings. The molecule has 6 nitrogen and oxygen atoms in total. The van der Waals surface area contributed by atoms with Gasteiger partial charge in [0.2, 0.25) is 0 Å². The van der Waals surface area contributed by atoms with Crippen LogP contribution in [-0.4, -0.2) is 25.5 Å². The molecule has 0 saturated heterocycles. The van der Waals surface area contributed by atoms with Crippen molar-refractivity contribution in [2.75, 3.05) is 0 Å². The van der Waals surface area contributed by atoms with Gasteiger partial charge in [-0.05, 0) is 44.7 Å². The van der Waals surface area contributed by atoms with E-state index in [0.29, 0.717) is 11.8 Å². The maximum absolute atomic E-state index is 5.73. The van der Waals surface area contributed by atoms with Crippen LogP contribution in [-0.2, 0) is 5.54 Å². The number of hydrogen-bond donors (Lipinski definition) is 0. The quantitative estimate of drug-likeness (QED) is 0.362. The van der Waals surface area contributed by atoms with E-state index in [1.165, 1.54) is 16.0 Å². The Kier molecular flexibility index (Phi) is 5.12. The van der Waals surface area contributed by atoms with Gasteiger partial charge in [0.05, 0.1) is 17.8 Å². The summed E-state index contributed by atoms with van der Waals surface area (Å²) in [6, 6.07) is 8.81. The summed E-state index contributed by atoms with van der Waals surface area (Å²) in [7, 11) is 0. The maximum Gasteiger partial charge on any atom is 0.199 e. The zero-order valence-electron chi connectivity index (χ0n) is 20.2. The lowest BCUT2D eigenvalue weighted by Gasteiger charge is -2.29. The summed E-state index contributed by atoms with van der Waals surface area (Å²) in [5.41, 5.74) is 5.07. The first-order valence-corrected chi connectivity index (χ1v) is 12.2. The third-order valence-corrected chi connectivity index (χ3v) is 8.14. The summed E-state index contributed by atoms with van der Waals surface area (Å²) >= 11 is 1.77. The zero-order valence-corrected chi connectivity index (χ0v) is 21.0. The Bertz CT molecular complexity index is 1340. The Morgan fingerprint density at radius 3 is 2.39 bits per heavy atom. The summed E-state index contributed by atoms with van der Waals surface area (Å²) < 4.78 is 7.90. The lowest BCUT2D eigenvalue weighted by Crippen LogP contribution is -2.31. The summed E-state index contributed by atoms with van der Waals surface area (Å²) in [4.78, 5) is 11.2. The smallest absolute Gasteiger partial charge is 0.199 e. The van der Waals surface area contributed by atoms with E-state index in [1.807, 2.05) is 6.92 Å². The fourth-order valence-electron chi connectivity index (χ4n) is 4.53. The van der Waals surface area contributed by atoms with Gasteiger partial charge in [-0.1, -0.05) is 45.0 Å². The minimum absolute atomic E-state index is 0.143. The maximum atomic E-state index is 5.73. The predicted octanol–water partition coefficient (Wildman–Crippen LogP) is 6.24. The molecule has 3 aromatic heterocycles. The highest BCUT2D eigenvalue weighted by molar-refractivity contribution is 7.15. The molecule has 5 rings (SSSR count). The molecule has 0 amide bonds. The molecule has 1 aliphatic heterocycles. The molecule has 33 heavy (non-hydrogen) atoms. The molecule has 7 heteroatoms. The van der Waals surface area contributed by atoms with E-state index in [2.05, 4.69) is 85.6 Å². The van der Waals surface area contributed by atoms with Gasteiger partial charge in [0.25, 0.3) is 0 Å². The van der Waals surface area contributed by atoms with Crippen molar-refractivity contribution in [2.24, 2.45) is 4.99 Å². The third kappa shape index (κ3) is 3.29. The molecule has 1 aliphatic rings. The Balaban J connectivity index is 1.82. The molecule has 0 radical (unpaired) electrons. The number of oxazole rings is 1. The van der Waals surface area contributed by atoms with E-state index in [-0.39, 0.29) is 5.92 Å². The van der Waals surface area contributed by atoms with Gasteiger partial charge in [0.1, 0.15) is 22.6 Å². The monoisotopic (exact) mass is 459 g/mol. The lowest BCUT2D eigenvalue weighted by molar-refractivity contribution is 0.325. The Labute approximate surface area is 198 Å². The lowest BCUT2D eigenvalue weighted by atomic mass is 9.85. The van der Waals surface area contributed by atoms with Crippen LogP contribution in [0.4, 0.5) is 0 Å². The standard InChI is InChI=1S/C26H29N5OS/c1-14(2)19-8-10-20(11-9-19)22-21-15(3)17(5)33-24(21)31-18(6)29-30-25(31)26(7,28-22)16(4)23-27-12-13-32-23/h8-14,16H,1-7H3. The SMILES string of the molecule is Cc1sc2c(c1C)C(c1ccc(C(C)C)cc1)=NC(C)(C(C)c1ncco1)c1nnc(C)n1-2. The van der Waals surface area contributed by atoms with Gasteiger partial charge in [-0.15, -0.1) is 21.5 Å². The second-order valence-corrected chi connectivity index (χ2v) is 10.5. The van der Waals surface area contributed by atoms with E-state index >= 15 is 0 Å².